The smallest absolute Gasteiger partial charge is 0.337 e. The maximum absolute atomic E-state index is 14.0. The maximum Gasteiger partial charge on any atom is 0.337 e. The van der Waals surface area contributed by atoms with Crippen molar-refractivity contribution < 1.29 is 22.7 Å². The zero-order chi connectivity index (χ0) is 24.5. The second-order valence-electron chi connectivity index (χ2n) is 8.46. The van der Waals surface area contributed by atoms with Gasteiger partial charge in [0, 0.05) is 29.2 Å². The number of sulfonamides is 1. The third-order valence-electron chi connectivity index (χ3n) is 6.38. The molecule has 10 heteroatoms. The van der Waals surface area contributed by atoms with Gasteiger partial charge in [0.2, 0.25) is 15.9 Å². The van der Waals surface area contributed by atoms with E-state index in [0.29, 0.717) is 30.4 Å². The van der Waals surface area contributed by atoms with Crippen LogP contribution in [-0.4, -0.2) is 60.2 Å². The van der Waals surface area contributed by atoms with Crippen LogP contribution in [-0.2, 0) is 26.1 Å². The normalized spacial score (nSPS) is 23.3. The van der Waals surface area contributed by atoms with E-state index in [4.69, 9.17) is 4.74 Å². The lowest BCUT2D eigenvalue weighted by Crippen LogP contribution is -2.54. The molecular weight excluding hydrogens is 522 g/mol. The topological polar surface area (TPSA) is 96.9 Å². The summed E-state index contributed by atoms with van der Waals surface area (Å²) in [4.78, 5) is 31.7. The Hall–Kier alpha value is -2.56. The minimum atomic E-state index is -4.12. The second kappa shape index (κ2) is 9.97. The predicted molar refractivity (Wildman–Crippen MR) is 129 cm³/mol. The number of pyridine rings is 1. The van der Waals surface area contributed by atoms with E-state index < -0.39 is 28.1 Å². The molecule has 2 saturated heterocycles. The molecule has 0 spiro atoms. The van der Waals surface area contributed by atoms with E-state index in [1.54, 1.807) is 17.2 Å². The average molecular weight is 548 g/mol. The largest absolute Gasteiger partial charge is 0.465 e. The van der Waals surface area contributed by atoms with Gasteiger partial charge in [0.05, 0.1) is 29.8 Å². The Morgan fingerprint density at radius 2 is 2.09 bits per heavy atom. The summed E-state index contributed by atoms with van der Waals surface area (Å²) < 4.78 is 34.5. The van der Waals surface area contributed by atoms with Crippen LogP contribution in [0.5, 0.6) is 0 Å². The number of hydrogen-bond donors (Lipinski definition) is 0. The van der Waals surface area contributed by atoms with E-state index in [2.05, 4.69) is 27.5 Å². The maximum atomic E-state index is 14.0. The van der Waals surface area contributed by atoms with Crippen LogP contribution < -0.4 is 0 Å². The van der Waals surface area contributed by atoms with Crippen molar-refractivity contribution in [2.24, 2.45) is 5.92 Å². The summed E-state index contributed by atoms with van der Waals surface area (Å²) in [5.74, 6) is -1.14. The van der Waals surface area contributed by atoms with Crippen LogP contribution in [0, 0.1) is 5.92 Å². The Bertz CT molecular complexity index is 1200. The fourth-order valence-corrected chi connectivity index (χ4v) is 7.38. The summed E-state index contributed by atoms with van der Waals surface area (Å²) in [7, 11) is -2.88. The van der Waals surface area contributed by atoms with Gasteiger partial charge in [0.25, 0.3) is 0 Å². The number of hydrogen-bond acceptors (Lipinski definition) is 6. The third kappa shape index (κ3) is 4.67. The predicted octanol–water partition coefficient (Wildman–Crippen LogP) is 3.39. The molecule has 0 N–H and O–H groups in total. The van der Waals surface area contributed by atoms with Crippen molar-refractivity contribution in [2.75, 3.05) is 13.7 Å². The number of carbonyl (C=O) groups is 2. The van der Waals surface area contributed by atoms with Crippen molar-refractivity contribution in [3.63, 3.8) is 0 Å². The van der Waals surface area contributed by atoms with Crippen LogP contribution >= 0.6 is 15.9 Å². The highest BCUT2D eigenvalue weighted by Gasteiger charge is 2.49. The molecule has 1 aromatic heterocycles. The zero-order valence-electron chi connectivity index (χ0n) is 18.8. The molecule has 8 nitrogen and oxygen atoms in total. The Morgan fingerprint density at radius 3 is 2.76 bits per heavy atom. The average Bonchev–Trinajstić information content (AvgIpc) is 2.91. The first-order valence-electron chi connectivity index (χ1n) is 11.0. The molecule has 3 atom stereocenters. The van der Waals surface area contributed by atoms with E-state index in [1.807, 2.05) is 18.2 Å². The number of aromatic nitrogens is 1. The van der Waals surface area contributed by atoms with Crippen molar-refractivity contribution in [2.45, 2.75) is 42.8 Å². The van der Waals surface area contributed by atoms with E-state index in [9.17, 15) is 18.0 Å². The van der Waals surface area contributed by atoms with Gasteiger partial charge in [-0.05, 0) is 49.6 Å². The van der Waals surface area contributed by atoms with Crippen molar-refractivity contribution >= 4 is 37.8 Å². The fourth-order valence-electron chi connectivity index (χ4n) is 4.79. The van der Waals surface area contributed by atoms with E-state index in [-0.39, 0.29) is 22.3 Å². The number of benzene rings is 1. The number of amides is 1. The van der Waals surface area contributed by atoms with E-state index >= 15 is 0 Å². The monoisotopic (exact) mass is 547 g/mol. The number of nitrogens with zero attached hydrogens (tertiary/aromatic N) is 3. The van der Waals surface area contributed by atoms with Gasteiger partial charge in [-0.2, -0.15) is 4.31 Å². The summed E-state index contributed by atoms with van der Waals surface area (Å²) in [6, 6.07) is 8.50. The van der Waals surface area contributed by atoms with Crippen molar-refractivity contribution in [1.29, 1.82) is 0 Å². The molecule has 0 radical (unpaired) electrons. The van der Waals surface area contributed by atoms with Gasteiger partial charge < -0.3 is 9.64 Å². The summed E-state index contributed by atoms with van der Waals surface area (Å²) >= 11 is 3.30. The van der Waals surface area contributed by atoms with Gasteiger partial charge in [-0.3, -0.25) is 9.78 Å². The molecule has 3 heterocycles. The Balaban J connectivity index is 1.77. The number of ether oxygens (including phenoxy) is 1. The van der Waals surface area contributed by atoms with Gasteiger partial charge in [0.1, 0.15) is 6.04 Å². The fraction of sp³-hybridized carbons (Fsp3) is 0.375. The van der Waals surface area contributed by atoms with Gasteiger partial charge in [-0.1, -0.05) is 28.1 Å². The Labute approximate surface area is 207 Å². The quantitative estimate of drug-likeness (QED) is 0.406. The molecule has 0 saturated carbocycles. The first-order chi connectivity index (χ1) is 16.3. The summed E-state index contributed by atoms with van der Waals surface area (Å²) in [5, 5.41) is 0. The molecule has 2 aromatic rings. The SMILES string of the molecule is C=CC1CN(Cc2ccccn2)C(=O)C2CCCC1N2S(=O)(=O)c1cc(Br)cc(C(=O)OC)c1. The minimum absolute atomic E-state index is 0.0621. The van der Waals surface area contributed by atoms with Gasteiger partial charge in [-0.25, -0.2) is 13.2 Å². The highest BCUT2D eigenvalue weighted by Crippen LogP contribution is 2.38. The number of rotatable bonds is 6. The molecular formula is C24H26BrN3O5S. The molecule has 34 heavy (non-hydrogen) atoms. The molecule has 3 unspecified atom stereocenters. The molecule has 1 aromatic carbocycles. The lowest BCUT2D eigenvalue weighted by molar-refractivity contribution is -0.135. The first-order valence-corrected chi connectivity index (χ1v) is 13.2. The highest BCUT2D eigenvalue weighted by atomic mass is 79.9. The zero-order valence-corrected chi connectivity index (χ0v) is 21.2. The molecule has 2 fully saturated rings. The van der Waals surface area contributed by atoms with Crippen LogP contribution in [0.15, 0.2) is 64.6 Å². The Kier molecular flexibility index (Phi) is 7.20. The number of halogens is 1. The molecule has 4 rings (SSSR count). The lowest BCUT2D eigenvalue weighted by atomic mass is 9.90. The van der Waals surface area contributed by atoms with E-state index in [1.165, 1.54) is 29.6 Å². The van der Waals surface area contributed by atoms with Crippen LogP contribution in [0.4, 0.5) is 0 Å². The van der Waals surface area contributed by atoms with Crippen LogP contribution in [0.2, 0.25) is 0 Å². The standard InChI is InChI=1S/C24H26BrN3O5S/c1-3-16-14-27(15-19-7-4-5-10-26-19)23(29)22-9-6-8-21(16)28(22)34(31,32)20-12-17(24(30)33-2)11-18(25)13-20/h3-5,7,10-13,16,21-22H,1,6,8-9,14-15H2,2H3. The lowest BCUT2D eigenvalue weighted by Gasteiger charge is -2.40. The highest BCUT2D eigenvalue weighted by molar-refractivity contribution is 9.10. The van der Waals surface area contributed by atoms with Gasteiger partial charge in [0.15, 0.2) is 0 Å². The summed E-state index contributed by atoms with van der Waals surface area (Å²) in [5.41, 5.74) is 0.845. The number of carbonyl (C=O) groups excluding carboxylic acids is 2. The number of fused-ring (bicyclic) bond motifs is 2. The molecule has 2 bridgehead atoms. The number of esters is 1. The number of piperidine rings is 1. The van der Waals surface area contributed by atoms with Gasteiger partial charge >= 0.3 is 5.97 Å². The van der Waals surface area contributed by atoms with Crippen molar-refractivity contribution in [3.05, 3.63) is 71.0 Å². The minimum Gasteiger partial charge on any atom is -0.465 e. The molecule has 2 aliphatic rings. The summed E-state index contributed by atoms with van der Waals surface area (Å²) in [6.07, 6.45) is 5.19. The summed E-state index contributed by atoms with van der Waals surface area (Å²) in [6.45, 7) is 4.60. The van der Waals surface area contributed by atoms with Crippen LogP contribution in [0.25, 0.3) is 0 Å². The van der Waals surface area contributed by atoms with E-state index in [0.717, 1.165) is 12.1 Å². The third-order valence-corrected chi connectivity index (χ3v) is 8.75. The molecule has 2 aliphatic heterocycles. The second-order valence-corrected chi connectivity index (χ2v) is 11.2. The molecule has 0 aliphatic carbocycles. The first kappa shape index (κ1) is 24.6. The number of methoxy groups -OCH3 is 1. The van der Waals surface area contributed by atoms with Crippen molar-refractivity contribution in [3.8, 4) is 0 Å². The van der Waals surface area contributed by atoms with Crippen molar-refractivity contribution in [1.82, 2.24) is 14.2 Å². The van der Waals surface area contributed by atoms with Crippen LogP contribution in [0.1, 0.15) is 35.3 Å². The Morgan fingerprint density at radius 1 is 1.29 bits per heavy atom. The van der Waals surface area contributed by atoms with Crippen LogP contribution in [0.3, 0.4) is 0 Å². The van der Waals surface area contributed by atoms with Gasteiger partial charge in [-0.15, -0.1) is 6.58 Å². The molecule has 1 amide bonds. The molecule has 180 valence electrons.